The Balaban J connectivity index is 2.03. The first-order valence-corrected chi connectivity index (χ1v) is 8.28. The smallest absolute Gasteiger partial charge is 0.0552 e. The third-order valence-corrected chi connectivity index (χ3v) is 5.26. The van der Waals surface area contributed by atoms with Gasteiger partial charge in [0.05, 0.1) is 11.4 Å². The normalized spacial score (nSPS) is 13.2. The fourth-order valence-corrected chi connectivity index (χ4v) is 3.88. The Kier molecular flexibility index (Phi) is 4.02. The molecule has 1 aliphatic rings. The predicted molar refractivity (Wildman–Crippen MR) is 88.1 cm³/mol. The van der Waals surface area contributed by atoms with Crippen molar-refractivity contribution >= 4 is 23.1 Å². The van der Waals surface area contributed by atoms with E-state index in [-0.39, 0.29) is 0 Å². The maximum atomic E-state index is 2.51. The average Bonchev–Trinajstić information content (AvgIpc) is 2.51. The van der Waals surface area contributed by atoms with Gasteiger partial charge in [-0.3, -0.25) is 0 Å². The van der Waals surface area contributed by atoms with Crippen LogP contribution in [0.1, 0.15) is 26.7 Å². The summed E-state index contributed by atoms with van der Waals surface area (Å²) in [5.41, 5.74) is 2.73. The first-order valence-electron chi connectivity index (χ1n) is 7.47. The van der Waals surface area contributed by atoms with Crippen molar-refractivity contribution in [3.8, 4) is 0 Å². The molecule has 0 unspecified atom stereocenters. The molecule has 0 aliphatic carbocycles. The maximum Gasteiger partial charge on any atom is 0.0552 e. The van der Waals surface area contributed by atoms with Crippen molar-refractivity contribution in [1.29, 1.82) is 0 Å². The molecule has 2 heteroatoms. The second kappa shape index (κ2) is 5.92. The lowest BCUT2D eigenvalue weighted by Gasteiger charge is -2.35. The van der Waals surface area contributed by atoms with E-state index in [4.69, 9.17) is 0 Å². The van der Waals surface area contributed by atoms with Crippen LogP contribution < -0.4 is 4.90 Å². The monoisotopic (exact) mass is 283 g/mol. The fraction of sp³-hybridized carbons (Fsp3) is 0.333. The molecule has 0 amide bonds. The summed E-state index contributed by atoms with van der Waals surface area (Å²) in [6, 6.07) is 17.5. The van der Waals surface area contributed by atoms with Gasteiger partial charge in [-0.2, -0.15) is 0 Å². The van der Waals surface area contributed by atoms with E-state index in [1.165, 1.54) is 34.0 Å². The van der Waals surface area contributed by atoms with Crippen molar-refractivity contribution in [3.63, 3.8) is 0 Å². The molecule has 0 saturated heterocycles. The Hall–Kier alpha value is -1.41. The highest BCUT2D eigenvalue weighted by Gasteiger charge is 2.24. The Morgan fingerprint density at radius 3 is 1.85 bits per heavy atom. The number of fused-ring (bicyclic) bond motifs is 2. The lowest BCUT2D eigenvalue weighted by Crippen LogP contribution is -2.26. The van der Waals surface area contributed by atoms with Gasteiger partial charge in [-0.05, 0) is 30.2 Å². The fourth-order valence-electron chi connectivity index (χ4n) is 2.78. The van der Waals surface area contributed by atoms with E-state index >= 15 is 0 Å². The molecule has 1 heterocycles. The second-order valence-corrected chi connectivity index (χ2v) is 6.41. The molecule has 0 spiro atoms. The molecule has 104 valence electrons. The first-order chi connectivity index (χ1) is 9.83. The zero-order valence-corrected chi connectivity index (χ0v) is 13.0. The number of anilines is 2. The predicted octanol–water partition coefficient (Wildman–Crippen LogP) is 5.73. The molecular weight excluding hydrogens is 262 g/mol. The first kappa shape index (κ1) is 13.6. The third kappa shape index (κ3) is 2.45. The topological polar surface area (TPSA) is 3.24 Å². The Morgan fingerprint density at radius 1 is 0.850 bits per heavy atom. The van der Waals surface area contributed by atoms with E-state index in [1.54, 1.807) is 0 Å². The Bertz CT molecular complexity index is 544. The summed E-state index contributed by atoms with van der Waals surface area (Å²) in [6.07, 6.45) is 2.48. The molecule has 2 aromatic carbocycles. The van der Waals surface area contributed by atoms with Crippen LogP contribution in [0.15, 0.2) is 58.3 Å². The van der Waals surface area contributed by atoms with Crippen LogP contribution in [0.25, 0.3) is 0 Å². The maximum absolute atomic E-state index is 2.51. The summed E-state index contributed by atoms with van der Waals surface area (Å²) < 4.78 is 0. The van der Waals surface area contributed by atoms with E-state index < -0.39 is 0 Å². The van der Waals surface area contributed by atoms with Crippen LogP contribution >= 0.6 is 11.8 Å². The Labute approximate surface area is 126 Å². The number of hydrogen-bond acceptors (Lipinski definition) is 2. The summed E-state index contributed by atoms with van der Waals surface area (Å²) in [6.45, 7) is 5.71. The quantitative estimate of drug-likeness (QED) is 0.705. The second-order valence-electron chi connectivity index (χ2n) is 5.33. The summed E-state index contributed by atoms with van der Waals surface area (Å²) in [5.74, 6) is 0.749. The third-order valence-electron chi connectivity index (χ3n) is 4.13. The molecule has 0 atom stereocenters. The minimum absolute atomic E-state index is 0.749. The number of hydrogen-bond donors (Lipinski definition) is 0. The number of benzene rings is 2. The molecule has 20 heavy (non-hydrogen) atoms. The van der Waals surface area contributed by atoms with Gasteiger partial charge in [0.2, 0.25) is 0 Å². The van der Waals surface area contributed by atoms with E-state index in [1.807, 2.05) is 11.8 Å². The molecule has 1 nitrogen and oxygen atoms in total. The highest BCUT2D eigenvalue weighted by atomic mass is 32.2. The summed E-state index contributed by atoms with van der Waals surface area (Å²) >= 11 is 1.89. The van der Waals surface area contributed by atoms with Crippen molar-refractivity contribution in [1.82, 2.24) is 0 Å². The number of nitrogens with zero attached hydrogens (tertiary/aromatic N) is 1. The van der Waals surface area contributed by atoms with Gasteiger partial charge in [-0.25, -0.2) is 0 Å². The summed E-state index contributed by atoms with van der Waals surface area (Å²) in [4.78, 5) is 5.26. The van der Waals surface area contributed by atoms with E-state index in [0.717, 1.165) is 12.5 Å². The van der Waals surface area contributed by atoms with E-state index in [2.05, 4.69) is 67.3 Å². The molecule has 0 fully saturated rings. The molecule has 0 bridgehead atoms. The van der Waals surface area contributed by atoms with Crippen LogP contribution in [0.5, 0.6) is 0 Å². The van der Waals surface area contributed by atoms with E-state index in [9.17, 15) is 0 Å². The molecule has 0 saturated carbocycles. The Morgan fingerprint density at radius 2 is 1.35 bits per heavy atom. The van der Waals surface area contributed by atoms with Crippen LogP contribution in [-0.4, -0.2) is 6.54 Å². The minimum Gasteiger partial charge on any atom is -0.339 e. The highest BCUT2D eigenvalue weighted by Crippen LogP contribution is 2.48. The molecule has 1 aliphatic heterocycles. The van der Waals surface area contributed by atoms with Crippen LogP contribution in [0.4, 0.5) is 11.4 Å². The van der Waals surface area contributed by atoms with Crippen LogP contribution in [0.3, 0.4) is 0 Å². The van der Waals surface area contributed by atoms with Crippen molar-refractivity contribution in [2.75, 3.05) is 11.4 Å². The van der Waals surface area contributed by atoms with Gasteiger partial charge in [0.15, 0.2) is 0 Å². The highest BCUT2D eigenvalue weighted by molar-refractivity contribution is 7.99. The van der Waals surface area contributed by atoms with Crippen molar-refractivity contribution < 1.29 is 0 Å². The lowest BCUT2D eigenvalue weighted by atomic mass is 10.0. The van der Waals surface area contributed by atoms with Crippen LogP contribution in [-0.2, 0) is 0 Å². The molecule has 0 radical (unpaired) electrons. The number of para-hydroxylation sites is 2. The molecular formula is C18H21NS. The van der Waals surface area contributed by atoms with Crippen LogP contribution in [0, 0.1) is 5.92 Å². The van der Waals surface area contributed by atoms with Gasteiger partial charge >= 0.3 is 0 Å². The number of rotatable bonds is 4. The van der Waals surface area contributed by atoms with Gasteiger partial charge in [0.1, 0.15) is 0 Å². The van der Waals surface area contributed by atoms with Crippen molar-refractivity contribution in [3.05, 3.63) is 48.5 Å². The average molecular weight is 283 g/mol. The SMILES string of the molecule is CCC(CC)CN1c2ccccc2Sc2ccccc21. The van der Waals surface area contributed by atoms with Crippen molar-refractivity contribution in [2.45, 2.75) is 36.5 Å². The minimum atomic E-state index is 0.749. The van der Waals surface area contributed by atoms with Gasteiger partial charge in [-0.15, -0.1) is 0 Å². The van der Waals surface area contributed by atoms with Gasteiger partial charge in [-0.1, -0.05) is 62.7 Å². The van der Waals surface area contributed by atoms with Crippen LogP contribution in [0.2, 0.25) is 0 Å². The zero-order chi connectivity index (χ0) is 13.9. The van der Waals surface area contributed by atoms with Gasteiger partial charge < -0.3 is 4.90 Å². The lowest BCUT2D eigenvalue weighted by molar-refractivity contribution is 0.498. The van der Waals surface area contributed by atoms with E-state index in [0.29, 0.717) is 0 Å². The van der Waals surface area contributed by atoms with Gasteiger partial charge in [0.25, 0.3) is 0 Å². The molecule has 2 aromatic rings. The molecule has 0 aromatic heterocycles. The molecule has 3 rings (SSSR count). The standard InChI is InChI=1S/C18H21NS/c1-3-14(4-2)13-19-15-9-5-7-11-17(15)20-18-12-8-6-10-16(18)19/h5-12,14H,3-4,13H2,1-2H3. The summed E-state index contributed by atoms with van der Waals surface area (Å²) in [5, 5.41) is 0. The largest absolute Gasteiger partial charge is 0.339 e. The van der Waals surface area contributed by atoms with Gasteiger partial charge in [0, 0.05) is 16.3 Å². The molecule has 0 N–H and O–H groups in total. The zero-order valence-electron chi connectivity index (χ0n) is 12.2. The summed E-state index contributed by atoms with van der Waals surface area (Å²) in [7, 11) is 0. The van der Waals surface area contributed by atoms with Crippen molar-refractivity contribution in [2.24, 2.45) is 5.92 Å².